The molecule has 84 valence electrons. The van der Waals surface area contributed by atoms with Crippen molar-refractivity contribution < 1.29 is 4.74 Å². The number of aromatic nitrogens is 1. The number of nitrogens with zero attached hydrogens (tertiary/aromatic N) is 1. The molecule has 4 nitrogen and oxygen atoms in total. The normalized spacial score (nSPS) is 21.8. The summed E-state index contributed by atoms with van der Waals surface area (Å²) in [6.45, 7) is 3.63. The quantitative estimate of drug-likeness (QED) is 0.781. The van der Waals surface area contributed by atoms with Crippen LogP contribution in [0.15, 0.2) is 5.51 Å². The van der Waals surface area contributed by atoms with Gasteiger partial charge in [0.05, 0.1) is 23.9 Å². The molecule has 5 heteroatoms. The molecule has 2 heterocycles. The van der Waals surface area contributed by atoms with Crippen LogP contribution in [0.2, 0.25) is 0 Å². The van der Waals surface area contributed by atoms with Crippen molar-refractivity contribution in [3.05, 3.63) is 16.1 Å². The van der Waals surface area contributed by atoms with Crippen LogP contribution in [0.5, 0.6) is 0 Å². The second-order valence-corrected chi connectivity index (χ2v) is 4.59. The van der Waals surface area contributed by atoms with Crippen molar-refractivity contribution in [2.45, 2.75) is 19.1 Å². The van der Waals surface area contributed by atoms with Crippen molar-refractivity contribution >= 4 is 11.3 Å². The maximum atomic E-state index is 5.67. The van der Waals surface area contributed by atoms with E-state index in [2.05, 4.69) is 15.6 Å². The van der Waals surface area contributed by atoms with Gasteiger partial charge in [-0.1, -0.05) is 0 Å². The van der Waals surface area contributed by atoms with E-state index in [1.165, 1.54) is 10.6 Å². The van der Waals surface area contributed by atoms with Crippen LogP contribution in [0.25, 0.3) is 0 Å². The summed E-state index contributed by atoms with van der Waals surface area (Å²) in [6.07, 6.45) is 1.21. The summed E-state index contributed by atoms with van der Waals surface area (Å²) in [5, 5.41) is 6.50. The fourth-order valence-electron chi connectivity index (χ4n) is 1.73. The highest BCUT2D eigenvalue weighted by Gasteiger charge is 2.16. The van der Waals surface area contributed by atoms with Gasteiger partial charge in [0.2, 0.25) is 0 Å². The summed E-state index contributed by atoms with van der Waals surface area (Å²) < 4.78 is 5.67. The third-order valence-corrected chi connectivity index (χ3v) is 3.36. The van der Waals surface area contributed by atoms with Crippen LogP contribution in [0.4, 0.5) is 0 Å². The maximum absolute atomic E-state index is 5.67. The van der Waals surface area contributed by atoms with Gasteiger partial charge in [-0.3, -0.25) is 0 Å². The van der Waals surface area contributed by atoms with Crippen molar-refractivity contribution in [3.8, 4) is 0 Å². The monoisotopic (exact) mass is 227 g/mol. The van der Waals surface area contributed by atoms with Crippen LogP contribution < -0.4 is 10.6 Å². The molecular formula is C10H17N3OS. The Kier molecular flexibility index (Phi) is 4.08. The second kappa shape index (κ2) is 5.55. The van der Waals surface area contributed by atoms with Gasteiger partial charge in [0, 0.05) is 30.9 Å². The van der Waals surface area contributed by atoms with E-state index in [1.807, 2.05) is 12.6 Å². The first-order valence-corrected chi connectivity index (χ1v) is 6.16. The van der Waals surface area contributed by atoms with E-state index in [-0.39, 0.29) is 6.10 Å². The lowest BCUT2D eigenvalue weighted by atomic mass is 10.1. The third kappa shape index (κ3) is 2.98. The molecule has 1 aromatic heterocycles. The van der Waals surface area contributed by atoms with Crippen LogP contribution in [0.3, 0.4) is 0 Å². The lowest BCUT2D eigenvalue weighted by Crippen LogP contribution is -2.39. The Morgan fingerprint density at radius 2 is 2.67 bits per heavy atom. The van der Waals surface area contributed by atoms with Gasteiger partial charge in [-0.2, -0.15) is 0 Å². The number of ether oxygens (including phenoxy) is 1. The molecule has 2 rings (SSSR count). The Balaban J connectivity index is 1.93. The van der Waals surface area contributed by atoms with Crippen molar-refractivity contribution in [3.63, 3.8) is 0 Å². The Morgan fingerprint density at radius 1 is 1.73 bits per heavy atom. The molecule has 1 saturated heterocycles. The number of rotatable bonds is 4. The van der Waals surface area contributed by atoms with Crippen LogP contribution in [-0.4, -0.2) is 37.8 Å². The molecule has 1 aliphatic heterocycles. The van der Waals surface area contributed by atoms with Gasteiger partial charge in [-0.15, -0.1) is 11.3 Å². The lowest BCUT2D eigenvalue weighted by molar-refractivity contribution is 0.0286. The molecular weight excluding hydrogens is 210 g/mol. The fraction of sp³-hybridized carbons (Fsp3) is 0.700. The molecule has 0 spiro atoms. The summed E-state index contributed by atoms with van der Waals surface area (Å²) in [4.78, 5) is 5.73. The summed E-state index contributed by atoms with van der Waals surface area (Å²) in [6, 6.07) is 0. The zero-order valence-corrected chi connectivity index (χ0v) is 9.77. The number of morpholine rings is 1. The minimum atomic E-state index is 0.288. The summed E-state index contributed by atoms with van der Waals surface area (Å²) in [7, 11) is 1.96. The first-order chi connectivity index (χ1) is 7.40. The first-order valence-electron chi connectivity index (χ1n) is 5.28. The molecule has 0 aromatic carbocycles. The topological polar surface area (TPSA) is 46.2 Å². The molecule has 1 atom stereocenters. The Labute approximate surface area is 94.1 Å². The number of thiazole rings is 1. The van der Waals surface area contributed by atoms with E-state index >= 15 is 0 Å². The average Bonchev–Trinajstić information content (AvgIpc) is 2.68. The van der Waals surface area contributed by atoms with Gasteiger partial charge in [-0.25, -0.2) is 4.98 Å². The minimum Gasteiger partial charge on any atom is -0.375 e. The predicted octanol–water partition coefficient (Wildman–Crippen LogP) is 0.393. The van der Waals surface area contributed by atoms with Crippen LogP contribution >= 0.6 is 11.3 Å². The molecule has 0 amide bonds. The van der Waals surface area contributed by atoms with E-state index in [4.69, 9.17) is 4.74 Å². The van der Waals surface area contributed by atoms with Crippen molar-refractivity contribution in [2.24, 2.45) is 0 Å². The zero-order valence-electron chi connectivity index (χ0n) is 8.95. The highest BCUT2D eigenvalue weighted by atomic mass is 32.1. The molecule has 2 N–H and O–H groups in total. The molecule has 0 saturated carbocycles. The van der Waals surface area contributed by atoms with Crippen LogP contribution in [0.1, 0.15) is 10.6 Å². The predicted molar refractivity (Wildman–Crippen MR) is 61.2 cm³/mol. The molecule has 0 aliphatic carbocycles. The summed E-state index contributed by atoms with van der Waals surface area (Å²) in [5.41, 5.74) is 3.10. The molecule has 1 unspecified atom stereocenters. The van der Waals surface area contributed by atoms with E-state index in [1.54, 1.807) is 11.3 Å². The van der Waals surface area contributed by atoms with Crippen molar-refractivity contribution in [1.29, 1.82) is 0 Å². The van der Waals surface area contributed by atoms with Gasteiger partial charge in [0.15, 0.2) is 0 Å². The fourth-order valence-corrected chi connectivity index (χ4v) is 2.54. The summed E-state index contributed by atoms with van der Waals surface area (Å²) >= 11 is 1.71. The lowest BCUT2D eigenvalue weighted by Gasteiger charge is -2.23. The van der Waals surface area contributed by atoms with Crippen LogP contribution in [0, 0.1) is 0 Å². The third-order valence-electron chi connectivity index (χ3n) is 2.49. The molecule has 0 radical (unpaired) electrons. The van der Waals surface area contributed by atoms with Crippen molar-refractivity contribution in [2.75, 3.05) is 26.7 Å². The van der Waals surface area contributed by atoms with Gasteiger partial charge in [0.25, 0.3) is 0 Å². The van der Waals surface area contributed by atoms with E-state index in [9.17, 15) is 0 Å². The van der Waals surface area contributed by atoms with E-state index in [0.29, 0.717) is 0 Å². The summed E-state index contributed by atoms with van der Waals surface area (Å²) in [5.74, 6) is 0. The zero-order chi connectivity index (χ0) is 10.5. The van der Waals surface area contributed by atoms with Crippen LogP contribution in [-0.2, 0) is 17.7 Å². The first kappa shape index (κ1) is 11.0. The largest absolute Gasteiger partial charge is 0.375 e. The van der Waals surface area contributed by atoms with Gasteiger partial charge in [0.1, 0.15) is 0 Å². The van der Waals surface area contributed by atoms with Gasteiger partial charge < -0.3 is 15.4 Å². The molecule has 0 bridgehead atoms. The smallest absolute Gasteiger partial charge is 0.0798 e. The van der Waals surface area contributed by atoms with E-state index < -0.39 is 0 Å². The standard InChI is InChI=1S/C10H17N3OS/c1-11-6-10-9(13-7-15-10)4-8-5-12-2-3-14-8/h7-8,11-12H,2-6H2,1H3. The van der Waals surface area contributed by atoms with E-state index in [0.717, 1.165) is 32.7 Å². The van der Waals surface area contributed by atoms with Gasteiger partial charge >= 0.3 is 0 Å². The number of nitrogens with one attached hydrogen (secondary N) is 2. The highest BCUT2D eigenvalue weighted by molar-refractivity contribution is 7.09. The second-order valence-electron chi connectivity index (χ2n) is 3.65. The minimum absolute atomic E-state index is 0.288. The number of hydrogen-bond acceptors (Lipinski definition) is 5. The highest BCUT2D eigenvalue weighted by Crippen LogP contribution is 2.16. The molecule has 15 heavy (non-hydrogen) atoms. The Morgan fingerprint density at radius 3 is 3.40 bits per heavy atom. The molecule has 1 fully saturated rings. The maximum Gasteiger partial charge on any atom is 0.0798 e. The SMILES string of the molecule is CNCc1scnc1CC1CNCCO1. The Bertz CT molecular complexity index is 297. The Hall–Kier alpha value is -0.490. The van der Waals surface area contributed by atoms with Crippen molar-refractivity contribution in [1.82, 2.24) is 15.6 Å². The average molecular weight is 227 g/mol. The van der Waals surface area contributed by atoms with Gasteiger partial charge in [-0.05, 0) is 7.05 Å². The molecule has 1 aliphatic rings. The molecule has 1 aromatic rings. The number of hydrogen-bond donors (Lipinski definition) is 2.